The zero-order chi connectivity index (χ0) is 26.2. The fourth-order valence-electron chi connectivity index (χ4n) is 5.36. The highest BCUT2D eigenvalue weighted by Gasteiger charge is 2.28. The molecule has 39 heavy (non-hydrogen) atoms. The number of nitrogens with one attached hydrogen (secondary N) is 4. The van der Waals surface area contributed by atoms with E-state index in [1.165, 1.54) is 4.88 Å². The van der Waals surface area contributed by atoms with Crippen LogP contribution in [0.4, 0.5) is 10.9 Å². The smallest absolute Gasteiger partial charge is 0.257 e. The van der Waals surface area contributed by atoms with Crippen molar-refractivity contribution in [3.8, 4) is 16.9 Å². The minimum Gasteiger partial charge on any atom is -0.492 e. The van der Waals surface area contributed by atoms with Gasteiger partial charge in [0.05, 0.1) is 37.8 Å². The van der Waals surface area contributed by atoms with Crippen molar-refractivity contribution in [1.82, 2.24) is 25.5 Å². The molecule has 7 rings (SSSR count). The summed E-state index contributed by atoms with van der Waals surface area (Å²) >= 11 is 1.59. The number of aromatic amines is 1. The summed E-state index contributed by atoms with van der Waals surface area (Å²) < 4.78 is 11.2. The lowest BCUT2D eigenvalue weighted by Gasteiger charge is -2.32. The molecule has 0 radical (unpaired) electrons. The van der Waals surface area contributed by atoms with Crippen LogP contribution in [0.3, 0.4) is 0 Å². The Morgan fingerprint density at radius 3 is 2.97 bits per heavy atom. The third kappa shape index (κ3) is 5.00. The van der Waals surface area contributed by atoms with Crippen molar-refractivity contribution >= 4 is 28.2 Å². The molecule has 3 aliphatic rings. The Kier molecular flexibility index (Phi) is 6.47. The number of carbonyl (C=O) groups is 1. The summed E-state index contributed by atoms with van der Waals surface area (Å²) in [5.41, 5.74) is 5.65. The standard InChI is InChI=1S/C28H29N7O3S/c36-27(35-28-34-23-5-4-19(9-24(23)39-28)33-20-14-37-15-20)17-3-1-2-16(8-17)10-29-26-21-6-7-38-25(21)22(13-30-26)18-11-31-32-12-18/h1-3,8,11-13,19-20,33H,4-7,9-10,14-15H2,(H,29,30)(H,31,32)(H,34,35,36). The summed E-state index contributed by atoms with van der Waals surface area (Å²) in [5, 5.41) is 17.7. The van der Waals surface area contributed by atoms with Crippen LogP contribution in [-0.2, 0) is 30.5 Å². The normalized spacial score (nSPS) is 18.1. The molecule has 11 heteroatoms. The number of hydrogen-bond acceptors (Lipinski definition) is 9. The zero-order valence-electron chi connectivity index (χ0n) is 21.3. The average Bonchev–Trinajstić information content (AvgIpc) is 3.70. The summed E-state index contributed by atoms with van der Waals surface area (Å²) in [6, 6.07) is 8.56. The van der Waals surface area contributed by atoms with Crippen LogP contribution in [0.25, 0.3) is 11.1 Å². The summed E-state index contributed by atoms with van der Waals surface area (Å²) in [6.07, 6.45) is 9.16. The van der Waals surface area contributed by atoms with Crippen molar-refractivity contribution in [3.05, 3.63) is 70.1 Å². The van der Waals surface area contributed by atoms with Crippen LogP contribution in [0.2, 0.25) is 0 Å². The van der Waals surface area contributed by atoms with Gasteiger partial charge in [0, 0.05) is 58.5 Å². The predicted molar refractivity (Wildman–Crippen MR) is 148 cm³/mol. The second-order valence-corrected chi connectivity index (χ2v) is 11.2. The minimum atomic E-state index is -0.152. The molecule has 1 aromatic carbocycles. The summed E-state index contributed by atoms with van der Waals surface area (Å²) in [6.45, 7) is 2.77. The molecule has 0 saturated carbocycles. The van der Waals surface area contributed by atoms with Crippen molar-refractivity contribution < 1.29 is 14.3 Å². The highest BCUT2D eigenvalue weighted by molar-refractivity contribution is 7.15. The van der Waals surface area contributed by atoms with Gasteiger partial charge in [-0.2, -0.15) is 5.10 Å². The third-order valence-electron chi connectivity index (χ3n) is 7.45. The van der Waals surface area contributed by atoms with Crippen LogP contribution < -0.4 is 20.7 Å². The Hall–Kier alpha value is -3.80. The first-order valence-corrected chi connectivity index (χ1v) is 14.1. The van der Waals surface area contributed by atoms with E-state index >= 15 is 0 Å². The number of benzene rings is 1. The maximum absolute atomic E-state index is 13.1. The maximum atomic E-state index is 13.1. The van der Waals surface area contributed by atoms with Gasteiger partial charge in [-0.1, -0.05) is 12.1 Å². The van der Waals surface area contributed by atoms with Crippen LogP contribution in [-0.4, -0.2) is 58.0 Å². The number of aryl methyl sites for hydroxylation is 1. The van der Waals surface area contributed by atoms with Gasteiger partial charge in [0.25, 0.3) is 5.91 Å². The Balaban J connectivity index is 0.999. The summed E-state index contributed by atoms with van der Waals surface area (Å²) in [5.74, 6) is 1.50. The van der Waals surface area contributed by atoms with E-state index in [-0.39, 0.29) is 5.91 Å². The van der Waals surface area contributed by atoms with Crippen LogP contribution in [0, 0.1) is 0 Å². The lowest BCUT2D eigenvalue weighted by molar-refractivity contribution is -0.0106. The van der Waals surface area contributed by atoms with Crippen molar-refractivity contribution in [3.63, 3.8) is 0 Å². The number of ether oxygens (including phenoxy) is 2. The Bertz CT molecular complexity index is 1500. The van der Waals surface area contributed by atoms with Gasteiger partial charge in [-0.15, -0.1) is 11.3 Å². The fraction of sp³-hybridized carbons (Fsp3) is 0.357. The van der Waals surface area contributed by atoms with Gasteiger partial charge < -0.3 is 20.1 Å². The number of hydrogen-bond donors (Lipinski definition) is 4. The molecule has 4 aromatic rings. The van der Waals surface area contributed by atoms with Crippen molar-refractivity contribution in [1.29, 1.82) is 0 Å². The van der Waals surface area contributed by atoms with Crippen LogP contribution in [0.1, 0.15) is 38.5 Å². The number of carbonyl (C=O) groups excluding carboxylic acids is 1. The molecule has 2 aliphatic heterocycles. The van der Waals surface area contributed by atoms with E-state index in [4.69, 9.17) is 14.5 Å². The van der Waals surface area contributed by atoms with Gasteiger partial charge in [0.2, 0.25) is 0 Å². The van der Waals surface area contributed by atoms with Crippen molar-refractivity contribution in [2.24, 2.45) is 0 Å². The first-order valence-electron chi connectivity index (χ1n) is 13.3. The van der Waals surface area contributed by atoms with Gasteiger partial charge in [-0.05, 0) is 37.0 Å². The number of nitrogens with zero attached hydrogens (tertiary/aromatic N) is 3. The molecular formula is C28H29N7O3S. The molecule has 1 amide bonds. The summed E-state index contributed by atoms with van der Waals surface area (Å²) in [7, 11) is 0. The van der Waals surface area contributed by atoms with E-state index in [2.05, 4.69) is 31.1 Å². The second kappa shape index (κ2) is 10.4. The highest BCUT2D eigenvalue weighted by Crippen LogP contribution is 2.39. The lowest BCUT2D eigenvalue weighted by atomic mass is 9.97. The fourth-order valence-corrected chi connectivity index (χ4v) is 6.44. The molecule has 10 nitrogen and oxygen atoms in total. The third-order valence-corrected chi connectivity index (χ3v) is 8.49. The number of anilines is 2. The van der Waals surface area contributed by atoms with E-state index in [0.29, 0.717) is 35.9 Å². The maximum Gasteiger partial charge on any atom is 0.257 e. The van der Waals surface area contributed by atoms with Crippen molar-refractivity contribution in [2.45, 2.75) is 44.3 Å². The van der Waals surface area contributed by atoms with E-state index in [9.17, 15) is 4.79 Å². The average molecular weight is 544 g/mol. The molecule has 1 fully saturated rings. The number of fused-ring (bicyclic) bond motifs is 2. The van der Waals surface area contributed by atoms with Gasteiger partial charge in [-0.3, -0.25) is 15.2 Å². The molecule has 1 saturated heterocycles. The van der Waals surface area contributed by atoms with E-state index in [1.807, 2.05) is 36.7 Å². The van der Waals surface area contributed by atoms with Crippen LogP contribution in [0.15, 0.2) is 42.9 Å². The molecule has 3 aromatic heterocycles. The lowest BCUT2D eigenvalue weighted by Crippen LogP contribution is -2.51. The quantitative estimate of drug-likeness (QED) is 0.266. The number of aromatic nitrogens is 4. The first-order chi connectivity index (χ1) is 19.2. The Morgan fingerprint density at radius 2 is 2.13 bits per heavy atom. The predicted octanol–water partition coefficient (Wildman–Crippen LogP) is 3.57. The number of pyridine rings is 1. The second-order valence-electron chi connectivity index (χ2n) is 10.2. The van der Waals surface area contributed by atoms with E-state index < -0.39 is 0 Å². The number of thiazole rings is 1. The molecule has 200 valence electrons. The molecule has 5 heterocycles. The number of rotatable bonds is 8. The Morgan fingerprint density at radius 1 is 1.18 bits per heavy atom. The molecule has 0 spiro atoms. The minimum absolute atomic E-state index is 0.152. The molecule has 4 N–H and O–H groups in total. The zero-order valence-corrected chi connectivity index (χ0v) is 22.1. The first kappa shape index (κ1) is 24.3. The molecule has 1 atom stereocenters. The van der Waals surface area contributed by atoms with E-state index in [0.717, 1.165) is 78.4 Å². The van der Waals surface area contributed by atoms with Crippen LogP contribution in [0.5, 0.6) is 5.75 Å². The highest BCUT2D eigenvalue weighted by atomic mass is 32.1. The summed E-state index contributed by atoms with van der Waals surface area (Å²) in [4.78, 5) is 23.7. The van der Waals surface area contributed by atoms with Gasteiger partial charge in [-0.25, -0.2) is 9.97 Å². The van der Waals surface area contributed by atoms with Gasteiger partial charge in [0.1, 0.15) is 11.6 Å². The molecule has 0 bridgehead atoms. The number of H-pyrrole nitrogens is 1. The molecule has 1 unspecified atom stereocenters. The molecular weight excluding hydrogens is 514 g/mol. The van der Waals surface area contributed by atoms with E-state index in [1.54, 1.807) is 17.5 Å². The van der Waals surface area contributed by atoms with Crippen LogP contribution >= 0.6 is 11.3 Å². The number of amides is 1. The monoisotopic (exact) mass is 543 g/mol. The SMILES string of the molecule is O=C(Nc1nc2c(s1)CC(NC1COC1)CC2)c1cccc(CNc2ncc(-c3cn[nH]c3)c3c2CCO3)c1. The topological polar surface area (TPSA) is 126 Å². The largest absolute Gasteiger partial charge is 0.492 e. The van der Waals surface area contributed by atoms with Gasteiger partial charge >= 0.3 is 0 Å². The Labute approximate surface area is 229 Å². The van der Waals surface area contributed by atoms with Crippen molar-refractivity contribution in [2.75, 3.05) is 30.5 Å². The van der Waals surface area contributed by atoms with Gasteiger partial charge in [0.15, 0.2) is 5.13 Å². The molecule has 1 aliphatic carbocycles.